The molecule has 0 spiro atoms. The summed E-state index contributed by atoms with van der Waals surface area (Å²) in [6.07, 6.45) is 1.50. The molecule has 1 atom stereocenters. The van der Waals surface area contributed by atoms with Crippen LogP contribution in [0.15, 0.2) is 52.9 Å². The first-order chi connectivity index (χ1) is 14.2. The Labute approximate surface area is 178 Å². The predicted molar refractivity (Wildman–Crippen MR) is 111 cm³/mol. The van der Waals surface area contributed by atoms with E-state index in [-0.39, 0.29) is 17.3 Å². The van der Waals surface area contributed by atoms with Crippen LogP contribution in [0.1, 0.15) is 6.92 Å². The Morgan fingerprint density at radius 2 is 2.03 bits per heavy atom. The third-order valence-electron chi connectivity index (χ3n) is 4.14. The summed E-state index contributed by atoms with van der Waals surface area (Å²) in [6.45, 7) is 5.27. The second-order valence-corrected chi connectivity index (χ2v) is 7.98. The van der Waals surface area contributed by atoms with Gasteiger partial charge in [0.05, 0.1) is 21.8 Å². The number of nitrogens with zero attached hydrogens (tertiary/aromatic N) is 2. The molecule has 0 aliphatic carbocycles. The lowest BCUT2D eigenvalue weighted by Gasteiger charge is -2.16. The van der Waals surface area contributed by atoms with Gasteiger partial charge in [-0.15, -0.1) is 6.58 Å². The van der Waals surface area contributed by atoms with Gasteiger partial charge in [0.25, 0.3) is 5.56 Å². The normalized spacial score (nSPS) is 12.0. The van der Waals surface area contributed by atoms with Gasteiger partial charge in [0.1, 0.15) is 0 Å². The lowest BCUT2D eigenvalue weighted by Crippen LogP contribution is -2.27. The first-order valence-electron chi connectivity index (χ1n) is 8.65. The maximum atomic E-state index is 13.8. The first kappa shape index (κ1) is 21.9. The van der Waals surface area contributed by atoms with Crippen molar-refractivity contribution in [1.29, 1.82) is 0 Å². The molecule has 156 valence electrons. The van der Waals surface area contributed by atoms with Crippen molar-refractivity contribution in [3.8, 4) is 0 Å². The number of nitrogens with one attached hydrogen (secondary N) is 1. The summed E-state index contributed by atoms with van der Waals surface area (Å²) in [5.74, 6) is -5.21. The molecule has 3 aromatic rings. The van der Waals surface area contributed by atoms with Crippen molar-refractivity contribution in [2.24, 2.45) is 0 Å². The molecule has 1 heterocycles. The van der Waals surface area contributed by atoms with E-state index in [2.05, 4.69) is 16.9 Å². The van der Waals surface area contributed by atoms with Crippen LogP contribution in [0.3, 0.4) is 0 Å². The van der Waals surface area contributed by atoms with Crippen molar-refractivity contribution in [2.45, 2.75) is 23.9 Å². The zero-order valence-electron chi connectivity index (χ0n) is 15.6. The first-order valence-corrected chi connectivity index (χ1v) is 9.90. The van der Waals surface area contributed by atoms with Crippen molar-refractivity contribution in [1.82, 2.24) is 9.55 Å². The van der Waals surface area contributed by atoms with Crippen LogP contribution in [0.4, 0.5) is 18.9 Å². The number of hydrogen-bond acceptors (Lipinski definition) is 4. The van der Waals surface area contributed by atoms with Gasteiger partial charge in [-0.25, -0.2) is 18.2 Å². The SMILES string of the molecule is C=CCn1c(S[C@H](C)C(=O)Nc2ccc(F)c(F)c2F)nc2ccc(Cl)cc2c1=O. The van der Waals surface area contributed by atoms with Crippen molar-refractivity contribution in [3.05, 3.63) is 75.8 Å². The van der Waals surface area contributed by atoms with E-state index >= 15 is 0 Å². The molecule has 0 bridgehead atoms. The number of aromatic nitrogens is 2. The summed E-state index contributed by atoms with van der Waals surface area (Å²) in [5, 5.41) is 2.31. The van der Waals surface area contributed by atoms with Gasteiger partial charge >= 0.3 is 0 Å². The smallest absolute Gasteiger partial charge is 0.262 e. The van der Waals surface area contributed by atoms with Crippen LogP contribution in [-0.4, -0.2) is 20.7 Å². The van der Waals surface area contributed by atoms with Crippen LogP contribution in [0.5, 0.6) is 0 Å². The molecule has 0 saturated carbocycles. The zero-order chi connectivity index (χ0) is 22.0. The van der Waals surface area contributed by atoms with Crippen LogP contribution in [0.25, 0.3) is 10.9 Å². The van der Waals surface area contributed by atoms with E-state index in [1.807, 2.05) is 0 Å². The van der Waals surface area contributed by atoms with Crippen molar-refractivity contribution in [2.75, 3.05) is 5.32 Å². The molecule has 0 aliphatic rings. The van der Waals surface area contributed by atoms with Gasteiger partial charge in [-0.3, -0.25) is 14.2 Å². The lowest BCUT2D eigenvalue weighted by molar-refractivity contribution is -0.115. The molecule has 10 heteroatoms. The van der Waals surface area contributed by atoms with E-state index in [1.165, 1.54) is 23.6 Å². The fraction of sp³-hybridized carbons (Fsp3) is 0.150. The fourth-order valence-corrected chi connectivity index (χ4v) is 3.71. The zero-order valence-corrected chi connectivity index (χ0v) is 17.2. The molecule has 3 rings (SSSR count). The van der Waals surface area contributed by atoms with Gasteiger partial charge in [0.2, 0.25) is 5.91 Å². The number of anilines is 1. The topological polar surface area (TPSA) is 64.0 Å². The van der Waals surface area contributed by atoms with Crippen molar-refractivity contribution >= 4 is 45.9 Å². The molecule has 1 amide bonds. The average molecular weight is 454 g/mol. The molecule has 5 nitrogen and oxygen atoms in total. The fourth-order valence-electron chi connectivity index (χ4n) is 2.62. The number of halogens is 4. The predicted octanol–water partition coefficient (Wildman–Crippen LogP) is 4.77. The molecule has 30 heavy (non-hydrogen) atoms. The van der Waals surface area contributed by atoms with Crippen LogP contribution in [-0.2, 0) is 11.3 Å². The Hall–Kier alpha value is -2.78. The molecule has 0 aliphatic heterocycles. The van der Waals surface area contributed by atoms with E-state index in [1.54, 1.807) is 12.1 Å². The third-order valence-corrected chi connectivity index (χ3v) is 5.46. The number of benzene rings is 2. The average Bonchev–Trinajstić information content (AvgIpc) is 2.71. The summed E-state index contributed by atoms with van der Waals surface area (Å²) in [7, 11) is 0. The van der Waals surface area contributed by atoms with E-state index in [0.717, 1.165) is 17.8 Å². The van der Waals surface area contributed by atoms with Gasteiger partial charge in [-0.2, -0.15) is 0 Å². The Bertz CT molecular complexity index is 1220. The number of allylic oxidation sites excluding steroid dienone is 1. The Morgan fingerprint density at radius 3 is 2.73 bits per heavy atom. The minimum absolute atomic E-state index is 0.142. The van der Waals surface area contributed by atoms with E-state index in [4.69, 9.17) is 11.6 Å². The highest BCUT2D eigenvalue weighted by molar-refractivity contribution is 8.00. The maximum absolute atomic E-state index is 13.8. The summed E-state index contributed by atoms with van der Waals surface area (Å²) in [6, 6.07) is 6.31. The summed E-state index contributed by atoms with van der Waals surface area (Å²) in [5.41, 5.74) is -0.452. The van der Waals surface area contributed by atoms with Crippen LogP contribution >= 0.6 is 23.4 Å². The lowest BCUT2D eigenvalue weighted by atomic mass is 10.2. The molecule has 2 aromatic carbocycles. The molecule has 0 radical (unpaired) electrons. The maximum Gasteiger partial charge on any atom is 0.262 e. The summed E-state index contributed by atoms with van der Waals surface area (Å²) < 4.78 is 41.6. The van der Waals surface area contributed by atoms with E-state index in [9.17, 15) is 22.8 Å². The number of thioether (sulfide) groups is 1. The Kier molecular flexibility index (Phi) is 6.52. The van der Waals surface area contributed by atoms with Gasteiger partial charge in [-0.1, -0.05) is 29.4 Å². The minimum Gasteiger partial charge on any atom is -0.323 e. The number of carbonyl (C=O) groups excluding carboxylic acids is 1. The molecule has 0 saturated heterocycles. The second kappa shape index (κ2) is 8.93. The van der Waals surface area contributed by atoms with Crippen LogP contribution < -0.4 is 10.9 Å². The molecular weight excluding hydrogens is 439 g/mol. The summed E-state index contributed by atoms with van der Waals surface area (Å²) >= 11 is 6.91. The van der Waals surface area contributed by atoms with Gasteiger partial charge in [-0.05, 0) is 37.3 Å². The molecular formula is C20H15ClF3N3O2S. The molecule has 1 aromatic heterocycles. The highest BCUT2D eigenvalue weighted by Gasteiger charge is 2.22. The highest BCUT2D eigenvalue weighted by Crippen LogP contribution is 2.26. The van der Waals surface area contributed by atoms with Crippen LogP contribution in [0.2, 0.25) is 5.02 Å². The van der Waals surface area contributed by atoms with E-state index in [0.29, 0.717) is 22.0 Å². The monoisotopic (exact) mass is 453 g/mol. The summed E-state index contributed by atoms with van der Waals surface area (Å²) in [4.78, 5) is 29.7. The van der Waals surface area contributed by atoms with Gasteiger partial charge < -0.3 is 5.32 Å². The second-order valence-electron chi connectivity index (χ2n) is 6.23. The Morgan fingerprint density at radius 1 is 1.30 bits per heavy atom. The number of rotatable bonds is 6. The molecule has 0 fully saturated rings. The Balaban J connectivity index is 1.91. The molecule has 0 unspecified atom stereocenters. The number of fused-ring (bicyclic) bond motifs is 1. The third kappa shape index (κ3) is 4.36. The van der Waals surface area contributed by atoms with Crippen molar-refractivity contribution < 1.29 is 18.0 Å². The van der Waals surface area contributed by atoms with E-state index < -0.39 is 34.3 Å². The minimum atomic E-state index is -1.68. The van der Waals surface area contributed by atoms with Crippen molar-refractivity contribution in [3.63, 3.8) is 0 Å². The van der Waals surface area contributed by atoms with Crippen LogP contribution in [0, 0.1) is 17.5 Å². The number of amides is 1. The number of hydrogen-bond donors (Lipinski definition) is 1. The largest absolute Gasteiger partial charge is 0.323 e. The van der Waals surface area contributed by atoms with Gasteiger partial charge in [0, 0.05) is 11.6 Å². The quantitative estimate of drug-likeness (QED) is 0.253. The van der Waals surface area contributed by atoms with Gasteiger partial charge in [0.15, 0.2) is 22.6 Å². The standard InChI is InChI=1S/C20H15ClF3N3O2S/c1-3-8-27-19(29)12-9-11(21)4-6-14(12)26-20(27)30-10(2)18(28)25-15-7-5-13(22)16(23)17(15)24/h3-7,9-10H,1,8H2,2H3,(H,25,28)/t10-/m1/s1. The molecule has 1 N–H and O–H groups in total. The highest BCUT2D eigenvalue weighted by atomic mass is 35.5. The number of carbonyl (C=O) groups is 1.